The molecule has 0 fully saturated rings. The van der Waals surface area contributed by atoms with Crippen molar-refractivity contribution in [3.05, 3.63) is 0 Å². The molecule has 4 atom stereocenters. The van der Waals surface area contributed by atoms with Gasteiger partial charge in [-0.1, -0.05) is 0 Å². The molecule has 0 aromatic heterocycles. The number of hydrogen-bond acceptors (Lipinski definition) is 6. The van der Waals surface area contributed by atoms with Gasteiger partial charge in [0.1, 0.15) is 10.9 Å². The molecule has 0 amide bonds. The second kappa shape index (κ2) is 10.8. The van der Waals surface area contributed by atoms with Gasteiger partial charge in [-0.25, -0.2) is 0 Å². The van der Waals surface area contributed by atoms with Gasteiger partial charge in [0.05, 0.1) is 0 Å². The Hall–Kier alpha value is 0.763. The van der Waals surface area contributed by atoms with Gasteiger partial charge in [0.15, 0.2) is 0 Å². The number of aliphatic hydroxyl groups is 2. The summed E-state index contributed by atoms with van der Waals surface area (Å²) in [6, 6.07) is 0. The molecule has 0 bridgehead atoms. The molecule has 6 nitrogen and oxygen atoms in total. The Labute approximate surface area is 94.1 Å². The Morgan fingerprint density at radius 3 is 1.08 bits per heavy atom. The third-order valence-electron chi connectivity index (χ3n) is 0.557. The molecule has 0 heterocycles. The Morgan fingerprint density at radius 2 is 1.08 bits per heavy atom. The van der Waals surface area contributed by atoms with E-state index in [2.05, 4.69) is 0 Å². The predicted octanol–water partition coefficient (Wildman–Crippen LogP) is -1.59. The Morgan fingerprint density at radius 1 is 1.00 bits per heavy atom. The molecule has 0 rings (SSSR count). The minimum absolute atomic E-state index is 0. The molecular weight excluding hydrogens is 274 g/mol. The van der Waals surface area contributed by atoms with E-state index >= 15 is 0 Å². The summed E-state index contributed by atoms with van der Waals surface area (Å²) >= 11 is -4.62. The van der Waals surface area contributed by atoms with Crippen molar-refractivity contribution in [1.29, 1.82) is 0 Å². The van der Waals surface area contributed by atoms with Crippen molar-refractivity contribution in [3.63, 3.8) is 0 Å². The normalized spacial score (nSPS) is 18.3. The first-order valence-electron chi connectivity index (χ1n) is 2.81. The van der Waals surface area contributed by atoms with Crippen LogP contribution in [0.1, 0.15) is 13.8 Å². The SMILES string of the molecule is CC(O)S(=O)[O-].CC(O)S(=O)[O-].[Zn+2]. The zero-order chi connectivity index (χ0) is 10.3. The third kappa shape index (κ3) is 19.3. The molecule has 13 heavy (non-hydrogen) atoms. The van der Waals surface area contributed by atoms with Gasteiger partial charge < -0.3 is 19.3 Å². The summed E-state index contributed by atoms with van der Waals surface area (Å²) in [6.45, 7) is 2.37. The summed E-state index contributed by atoms with van der Waals surface area (Å²) in [4.78, 5) is 0. The standard InChI is InChI=1S/2C2H6O3S.Zn/c2*1-2(3)6(4)5;/h2*2-3H,1H3,(H,4,5);/q;;+2/p-2. The van der Waals surface area contributed by atoms with E-state index < -0.39 is 33.0 Å². The van der Waals surface area contributed by atoms with Crippen molar-refractivity contribution in [2.24, 2.45) is 0 Å². The van der Waals surface area contributed by atoms with Crippen molar-refractivity contribution in [2.75, 3.05) is 0 Å². The molecule has 2 N–H and O–H groups in total. The summed E-state index contributed by atoms with van der Waals surface area (Å²) in [6.07, 6.45) is 0. The Balaban J connectivity index is -0.000000143. The molecule has 0 aromatic rings. The van der Waals surface area contributed by atoms with Gasteiger partial charge in [-0.15, -0.1) is 0 Å². The zero-order valence-corrected chi connectivity index (χ0v) is 11.8. The van der Waals surface area contributed by atoms with Gasteiger partial charge in [-0.05, 0) is 36.0 Å². The maximum absolute atomic E-state index is 9.45. The van der Waals surface area contributed by atoms with Gasteiger partial charge in [0, 0.05) is 0 Å². The second-order valence-electron chi connectivity index (χ2n) is 1.72. The summed E-state index contributed by atoms with van der Waals surface area (Å²) in [5.74, 6) is 0. The maximum atomic E-state index is 9.45. The topological polar surface area (TPSA) is 121 Å². The van der Waals surface area contributed by atoms with Crippen LogP contribution < -0.4 is 0 Å². The van der Waals surface area contributed by atoms with E-state index in [1.807, 2.05) is 0 Å². The molecule has 0 aromatic carbocycles. The fourth-order valence-electron chi connectivity index (χ4n) is 0. The number of aliphatic hydroxyl groups excluding tert-OH is 2. The van der Waals surface area contributed by atoms with Crippen LogP contribution in [-0.4, -0.2) is 38.6 Å². The van der Waals surface area contributed by atoms with Gasteiger partial charge in [-0.2, -0.15) is 0 Å². The fraction of sp³-hybridized carbons (Fsp3) is 1.00. The van der Waals surface area contributed by atoms with E-state index in [0.717, 1.165) is 0 Å². The van der Waals surface area contributed by atoms with Crippen LogP contribution in [0.15, 0.2) is 0 Å². The molecule has 76 valence electrons. The average Bonchev–Trinajstić information content (AvgIpc) is 1.88. The number of rotatable bonds is 2. The van der Waals surface area contributed by atoms with Crippen molar-refractivity contribution in [1.82, 2.24) is 0 Å². The fourth-order valence-corrected chi connectivity index (χ4v) is 0. The van der Waals surface area contributed by atoms with E-state index in [-0.39, 0.29) is 19.5 Å². The van der Waals surface area contributed by atoms with Crippen LogP contribution in [0.2, 0.25) is 0 Å². The molecule has 0 spiro atoms. The van der Waals surface area contributed by atoms with Crippen LogP contribution in [0.4, 0.5) is 0 Å². The monoisotopic (exact) mass is 282 g/mol. The van der Waals surface area contributed by atoms with Gasteiger partial charge >= 0.3 is 19.5 Å². The van der Waals surface area contributed by atoms with E-state index in [9.17, 15) is 17.5 Å². The molecule has 0 aliphatic heterocycles. The first kappa shape index (κ1) is 19.4. The maximum Gasteiger partial charge on any atom is 2.00 e. The van der Waals surface area contributed by atoms with Crippen molar-refractivity contribution in [3.8, 4) is 0 Å². The molecule has 0 aliphatic rings. The molecular formula is C4H10O6S2Zn. The van der Waals surface area contributed by atoms with Crippen molar-refractivity contribution < 1.29 is 47.2 Å². The molecule has 4 unspecified atom stereocenters. The smallest absolute Gasteiger partial charge is 0.770 e. The summed E-state index contributed by atoms with van der Waals surface area (Å²) < 4.78 is 37.8. The van der Waals surface area contributed by atoms with E-state index in [0.29, 0.717) is 0 Å². The minimum Gasteiger partial charge on any atom is -0.770 e. The second-order valence-corrected chi connectivity index (χ2v) is 4.13. The van der Waals surface area contributed by atoms with Crippen LogP contribution in [0.25, 0.3) is 0 Å². The molecule has 0 saturated carbocycles. The Kier molecular flexibility index (Phi) is 16.1. The van der Waals surface area contributed by atoms with Crippen LogP contribution in [0, 0.1) is 0 Å². The van der Waals surface area contributed by atoms with Crippen LogP contribution in [-0.2, 0) is 41.6 Å². The van der Waals surface area contributed by atoms with Crippen LogP contribution in [0.3, 0.4) is 0 Å². The van der Waals surface area contributed by atoms with E-state index in [1.54, 1.807) is 0 Å². The van der Waals surface area contributed by atoms with E-state index in [4.69, 9.17) is 10.2 Å². The molecule has 0 radical (unpaired) electrons. The van der Waals surface area contributed by atoms with Crippen LogP contribution >= 0.6 is 0 Å². The van der Waals surface area contributed by atoms with E-state index in [1.165, 1.54) is 13.8 Å². The predicted molar refractivity (Wildman–Crippen MR) is 41.2 cm³/mol. The quantitative estimate of drug-likeness (QED) is 0.465. The van der Waals surface area contributed by atoms with Crippen LogP contribution in [0.5, 0.6) is 0 Å². The van der Waals surface area contributed by atoms with Crippen molar-refractivity contribution >= 4 is 22.2 Å². The summed E-state index contributed by atoms with van der Waals surface area (Å²) in [5, 5.41) is 16.0. The van der Waals surface area contributed by atoms with Gasteiger partial charge in [0.25, 0.3) is 0 Å². The van der Waals surface area contributed by atoms with Gasteiger partial charge in [-0.3, -0.25) is 8.42 Å². The molecule has 0 saturated heterocycles. The summed E-state index contributed by atoms with van der Waals surface area (Å²) in [5.41, 5.74) is -2.46. The Bertz CT molecular complexity index is 143. The van der Waals surface area contributed by atoms with Gasteiger partial charge in [0.2, 0.25) is 0 Å². The minimum atomic E-state index is -2.31. The average molecular weight is 284 g/mol. The molecule has 0 aliphatic carbocycles. The largest absolute Gasteiger partial charge is 2.00 e. The third-order valence-corrected chi connectivity index (χ3v) is 1.67. The molecule has 9 heteroatoms. The number of hydrogen-bond donors (Lipinski definition) is 2. The summed E-state index contributed by atoms with van der Waals surface area (Å²) in [7, 11) is 0. The zero-order valence-electron chi connectivity index (χ0n) is 7.21. The first-order chi connectivity index (χ1) is 5.29. The van der Waals surface area contributed by atoms with Crippen molar-refractivity contribution in [2.45, 2.75) is 24.7 Å². The first-order valence-corrected chi connectivity index (χ1v) is 5.09.